The minimum Gasteiger partial charge on any atom is -0.379 e. The van der Waals surface area contributed by atoms with Gasteiger partial charge in [-0.3, -0.25) is 0 Å². The molecule has 0 amide bonds. The Labute approximate surface area is 136 Å². The number of anilines is 1. The molecule has 0 aliphatic carbocycles. The standard InChI is InChI=1S/C16H11ClFN5/c17-15-7-14(5-6-16(15)18)23-10-13(21-22-23)9-20-12-3-1-11(8-19)2-4-12/h1-7,10,20H,9H2. The summed E-state index contributed by atoms with van der Waals surface area (Å²) in [6.07, 6.45) is 1.74. The Kier molecular flexibility index (Phi) is 4.22. The lowest BCUT2D eigenvalue weighted by molar-refractivity contribution is 0.627. The lowest BCUT2D eigenvalue weighted by Gasteiger charge is -2.03. The van der Waals surface area contributed by atoms with Gasteiger partial charge in [0.25, 0.3) is 0 Å². The Hall–Kier alpha value is -2.91. The van der Waals surface area contributed by atoms with Crippen LogP contribution in [-0.4, -0.2) is 15.0 Å². The van der Waals surface area contributed by atoms with Gasteiger partial charge in [-0.05, 0) is 42.5 Å². The summed E-state index contributed by atoms with van der Waals surface area (Å²) in [5, 5.41) is 20.0. The first-order valence-electron chi connectivity index (χ1n) is 6.76. The van der Waals surface area contributed by atoms with Gasteiger partial charge in [-0.15, -0.1) is 5.10 Å². The summed E-state index contributed by atoms with van der Waals surface area (Å²) in [5.74, 6) is -0.474. The van der Waals surface area contributed by atoms with E-state index in [2.05, 4.69) is 21.7 Å². The largest absolute Gasteiger partial charge is 0.379 e. The molecule has 1 N–H and O–H groups in total. The van der Waals surface area contributed by atoms with Crippen LogP contribution in [0.15, 0.2) is 48.7 Å². The van der Waals surface area contributed by atoms with E-state index in [-0.39, 0.29) is 5.02 Å². The molecule has 1 aromatic heterocycles. The molecule has 0 aliphatic rings. The number of hydrogen-bond acceptors (Lipinski definition) is 4. The summed E-state index contributed by atoms with van der Waals surface area (Å²) in [6.45, 7) is 0.473. The Balaban J connectivity index is 1.69. The Bertz CT molecular complexity index is 867. The summed E-state index contributed by atoms with van der Waals surface area (Å²) in [5.41, 5.74) is 2.83. The maximum Gasteiger partial charge on any atom is 0.141 e. The van der Waals surface area contributed by atoms with Crippen LogP contribution in [0.1, 0.15) is 11.3 Å². The van der Waals surface area contributed by atoms with Crippen LogP contribution >= 0.6 is 11.6 Å². The minimum absolute atomic E-state index is 0.0373. The zero-order valence-corrected chi connectivity index (χ0v) is 12.6. The third-order valence-corrected chi connectivity index (χ3v) is 3.49. The van der Waals surface area contributed by atoms with Crippen LogP contribution < -0.4 is 5.32 Å². The normalized spacial score (nSPS) is 10.3. The average molecular weight is 328 g/mol. The molecule has 0 saturated heterocycles. The highest BCUT2D eigenvalue weighted by Gasteiger charge is 2.06. The maximum absolute atomic E-state index is 13.2. The zero-order chi connectivity index (χ0) is 16.2. The van der Waals surface area contributed by atoms with Crippen molar-refractivity contribution >= 4 is 17.3 Å². The summed E-state index contributed by atoms with van der Waals surface area (Å²) in [6, 6.07) is 13.5. The monoisotopic (exact) mass is 327 g/mol. The second-order valence-corrected chi connectivity index (χ2v) is 5.20. The first-order valence-corrected chi connectivity index (χ1v) is 7.14. The summed E-state index contributed by atoms with van der Waals surface area (Å²) >= 11 is 5.76. The van der Waals surface area contributed by atoms with Gasteiger partial charge in [0.05, 0.1) is 35.1 Å². The van der Waals surface area contributed by atoms with E-state index in [1.165, 1.54) is 16.8 Å². The molecule has 7 heteroatoms. The summed E-state index contributed by atoms with van der Waals surface area (Å²) in [4.78, 5) is 0. The van der Waals surface area contributed by atoms with Crippen molar-refractivity contribution in [2.24, 2.45) is 0 Å². The van der Waals surface area contributed by atoms with Crippen LogP contribution in [0, 0.1) is 17.1 Å². The van der Waals surface area contributed by atoms with Crippen LogP contribution in [0.25, 0.3) is 5.69 Å². The topological polar surface area (TPSA) is 66.5 Å². The molecular weight excluding hydrogens is 317 g/mol. The second-order valence-electron chi connectivity index (χ2n) is 4.80. The fourth-order valence-electron chi connectivity index (χ4n) is 1.99. The van der Waals surface area contributed by atoms with Gasteiger partial charge >= 0.3 is 0 Å². The van der Waals surface area contributed by atoms with Crippen molar-refractivity contribution in [3.8, 4) is 11.8 Å². The van der Waals surface area contributed by atoms with E-state index in [1.807, 2.05) is 12.1 Å². The number of nitrogens with one attached hydrogen (secondary N) is 1. The highest BCUT2D eigenvalue weighted by molar-refractivity contribution is 6.30. The number of rotatable bonds is 4. The van der Waals surface area contributed by atoms with Crippen molar-refractivity contribution in [2.45, 2.75) is 6.54 Å². The molecule has 0 saturated carbocycles. The van der Waals surface area contributed by atoms with E-state index >= 15 is 0 Å². The molecule has 5 nitrogen and oxygen atoms in total. The van der Waals surface area contributed by atoms with Crippen molar-refractivity contribution in [3.63, 3.8) is 0 Å². The van der Waals surface area contributed by atoms with Gasteiger partial charge in [-0.1, -0.05) is 16.8 Å². The van der Waals surface area contributed by atoms with Crippen molar-refractivity contribution in [3.05, 3.63) is 70.8 Å². The quantitative estimate of drug-likeness (QED) is 0.796. The summed E-state index contributed by atoms with van der Waals surface area (Å²) in [7, 11) is 0. The lowest BCUT2D eigenvalue weighted by Crippen LogP contribution is -1.99. The lowest BCUT2D eigenvalue weighted by atomic mass is 10.2. The predicted molar refractivity (Wildman–Crippen MR) is 84.8 cm³/mol. The van der Waals surface area contributed by atoms with Gasteiger partial charge in [0.15, 0.2) is 0 Å². The highest BCUT2D eigenvalue weighted by atomic mass is 35.5. The number of nitriles is 1. The van der Waals surface area contributed by atoms with Crippen LogP contribution in [0.2, 0.25) is 5.02 Å². The number of hydrogen-bond donors (Lipinski definition) is 1. The SMILES string of the molecule is N#Cc1ccc(NCc2cn(-c3ccc(F)c(Cl)c3)nn2)cc1. The fourth-order valence-corrected chi connectivity index (χ4v) is 2.16. The van der Waals surface area contributed by atoms with Crippen LogP contribution in [0.3, 0.4) is 0 Å². The van der Waals surface area contributed by atoms with Crippen molar-refractivity contribution in [1.82, 2.24) is 15.0 Å². The van der Waals surface area contributed by atoms with Crippen molar-refractivity contribution in [1.29, 1.82) is 5.26 Å². The van der Waals surface area contributed by atoms with Gasteiger partial charge in [-0.25, -0.2) is 9.07 Å². The molecule has 0 fully saturated rings. The number of halogens is 2. The summed E-state index contributed by atoms with van der Waals surface area (Å²) < 4.78 is 14.7. The van der Waals surface area contributed by atoms with Gasteiger partial charge in [-0.2, -0.15) is 5.26 Å². The zero-order valence-electron chi connectivity index (χ0n) is 11.9. The van der Waals surface area contributed by atoms with Gasteiger partial charge in [0.2, 0.25) is 0 Å². The number of benzene rings is 2. The number of nitrogens with zero attached hydrogens (tertiary/aromatic N) is 4. The molecule has 0 atom stereocenters. The third kappa shape index (κ3) is 3.47. The van der Waals surface area contributed by atoms with Crippen LogP contribution in [0.5, 0.6) is 0 Å². The van der Waals surface area contributed by atoms with Gasteiger partial charge < -0.3 is 5.32 Å². The Morgan fingerprint density at radius 1 is 1.22 bits per heavy atom. The smallest absolute Gasteiger partial charge is 0.141 e. The fraction of sp³-hybridized carbons (Fsp3) is 0.0625. The molecular formula is C16H11ClFN5. The van der Waals surface area contributed by atoms with Crippen molar-refractivity contribution in [2.75, 3.05) is 5.32 Å². The van der Waals surface area contributed by atoms with E-state index < -0.39 is 5.82 Å². The number of aromatic nitrogens is 3. The molecule has 1 heterocycles. The molecule has 2 aromatic carbocycles. The average Bonchev–Trinajstić information content (AvgIpc) is 3.05. The molecule has 0 bridgehead atoms. The molecule has 0 aliphatic heterocycles. The van der Waals surface area contributed by atoms with Gasteiger partial charge in [0, 0.05) is 5.69 Å². The molecule has 0 radical (unpaired) electrons. The van der Waals surface area contributed by atoms with Gasteiger partial charge in [0.1, 0.15) is 11.5 Å². The van der Waals surface area contributed by atoms with E-state index in [1.54, 1.807) is 24.4 Å². The van der Waals surface area contributed by atoms with E-state index in [9.17, 15) is 4.39 Å². The third-order valence-electron chi connectivity index (χ3n) is 3.20. The van der Waals surface area contributed by atoms with E-state index in [0.29, 0.717) is 17.8 Å². The Morgan fingerprint density at radius 3 is 2.70 bits per heavy atom. The molecule has 114 valence electrons. The first-order chi connectivity index (χ1) is 11.2. The van der Waals surface area contributed by atoms with E-state index in [0.717, 1.165) is 11.4 Å². The maximum atomic E-state index is 13.2. The predicted octanol–water partition coefficient (Wildman–Crippen LogP) is 3.54. The molecule has 23 heavy (non-hydrogen) atoms. The van der Waals surface area contributed by atoms with Crippen LogP contribution in [0.4, 0.5) is 10.1 Å². The van der Waals surface area contributed by atoms with E-state index in [4.69, 9.17) is 16.9 Å². The molecule has 3 aromatic rings. The van der Waals surface area contributed by atoms with Crippen LogP contribution in [-0.2, 0) is 6.54 Å². The molecule has 0 spiro atoms. The van der Waals surface area contributed by atoms with Crippen molar-refractivity contribution < 1.29 is 4.39 Å². The second kappa shape index (κ2) is 6.46. The molecule has 3 rings (SSSR count). The highest BCUT2D eigenvalue weighted by Crippen LogP contribution is 2.18. The Morgan fingerprint density at radius 2 is 2.00 bits per heavy atom. The molecule has 0 unspecified atom stereocenters. The minimum atomic E-state index is -0.474. The first kappa shape index (κ1) is 15.0.